The van der Waals surface area contributed by atoms with Crippen LogP contribution in [-0.2, 0) is 0 Å². The molecule has 0 radical (unpaired) electrons. The maximum Gasteiger partial charge on any atom is 0.216 e. The van der Waals surface area contributed by atoms with Crippen molar-refractivity contribution < 1.29 is 9.21 Å². The maximum atomic E-state index is 11.5. The Balaban J connectivity index is 1.92. The lowest BCUT2D eigenvalue weighted by Crippen LogP contribution is -2.13. The lowest BCUT2D eigenvalue weighted by atomic mass is 10.3. The molecule has 0 saturated heterocycles. The van der Waals surface area contributed by atoms with E-state index in [4.69, 9.17) is 4.42 Å². The summed E-state index contributed by atoms with van der Waals surface area (Å²) in [6.45, 7) is 0.248. The van der Waals surface area contributed by atoms with Gasteiger partial charge in [-0.1, -0.05) is 18.2 Å². The van der Waals surface area contributed by atoms with E-state index in [-0.39, 0.29) is 12.3 Å². The minimum Gasteiger partial charge on any atom is -0.461 e. The third-order valence-corrected chi connectivity index (χ3v) is 2.02. The Morgan fingerprint density at radius 1 is 1.13 bits per heavy atom. The number of rotatable bonds is 4. The van der Waals surface area contributed by atoms with Crippen molar-refractivity contribution in [3.8, 4) is 0 Å². The average Bonchev–Trinajstić information content (AvgIpc) is 2.81. The summed E-state index contributed by atoms with van der Waals surface area (Å²) in [5, 5.41) is 3.02. The van der Waals surface area contributed by atoms with Crippen LogP contribution >= 0.6 is 0 Å². The van der Waals surface area contributed by atoms with Crippen LogP contribution in [0.4, 0.5) is 5.69 Å². The van der Waals surface area contributed by atoms with Crippen LogP contribution in [0.2, 0.25) is 0 Å². The van der Waals surface area contributed by atoms with E-state index in [9.17, 15) is 4.79 Å². The number of carbonyl (C=O) groups is 1. The van der Waals surface area contributed by atoms with Gasteiger partial charge in [0.05, 0.1) is 12.8 Å². The van der Waals surface area contributed by atoms with Crippen molar-refractivity contribution in [1.82, 2.24) is 0 Å². The molecule has 0 spiro atoms. The first kappa shape index (κ1) is 9.52. The van der Waals surface area contributed by atoms with Gasteiger partial charge in [0.15, 0.2) is 5.76 Å². The number of Topliss-reactive ketones (excluding diaryl/α,β-unsaturated/α-hetero) is 1. The molecule has 0 amide bonds. The van der Waals surface area contributed by atoms with Gasteiger partial charge >= 0.3 is 0 Å². The van der Waals surface area contributed by atoms with Gasteiger partial charge in [0, 0.05) is 5.69 Å². The predicted octanol–water partition coefficient (Wildman–Crippen LogP) is 2.57. The number of hydrogen-bond acceptors (Lipinski definition) is 3. The highest BCUT2D eigenvalue weighted by molar-refractivity contribution is 5.96. The standard InChI is InChI=1S/C12H11NO2/c14-11(12-7-4-8-15-12)9-13-10-5-2-1-3-6-10/h1-8,13H,9H2. The van der Waals surface area contributed by atoms with Crippen molar-refractivity contribution in [2.75, 3.05) is 11.9 Å². The van der Waals surface area contributed by atoms with Gasteiger partial charge in [-0.2, -0.15) is 0 Å². The van der Waals surface area contributed by atoms with Gasteiger partial charge in [0.2, 0.25) is 5.78 Å². The Kier molecular flexibility index (Phi) is 2.83. The topological polar surface area (TPSA) is 42.2 Å². The molecule has 1 aromatic heterocycles. The second-order valence-corrected chi connectivity index (χ2v) is 3.12. The Bertz CT molecular complexity index is 420. The summed E-state index contributed by atoms with van der Waals surface area (Å²) in [5.41, 5.74) is 0.928. The summed E-state index contributed by atoms with van der Waals surface area (Å²) in [5.74, 6) is 0.335. The fraction of sp³-hybridized carbons (Fsp3) is 0.0833. The average molecular weight is 201 g/mol. The lowest BCUT2D eigenvalue weighted by Gasteiger charge is -2.03. The van der Waals surface area contributed by atoms with Gasteiger partial charge in [0.1, 0.15) is 0 Å². The maximum absolute atomic E-state index is 11.5. The molecule has 0 aliphatic heterocycles. The van der Waals surface area contributed by atoms with Gasteiger partial charge in [0.25, 0.3) is 0 Å². The minimum atomic E-state index is -0.0520. The third-order valence-electron chi connectivity index (χ3n) is 2.02. The van der Waals surface area contributed by atoms with Crippen LogP contribution in [0, 0.1) is 0 Å². The summed E-state index contributed by atoms with van der Waals surface area (Å²) < 4.78 is 4.99. The van der Waals surface area contributed by atoms with E-state index in [1.165, 1.54) is 6.26 Å². The fourth-order valence-electron chi connectivity index (χ4n) is 1.26. The molecule has 0 saturated carbocycles. The zero-order chi connectivity index (χ0) is 10.5. The van der Waals surface area contributed by atoms with Crippen LogP contribution < -0.4 is 5.32 Å². The molecule has 0 atom stereocenters. The smallest absolute Gasteiger partial charge is 0.216 e. The summed E-state index contributed by atoms with van der Waals surface area (Å²) in [6, 6.07) is 13.0. The van der Waals surface area contributed by atoms with Gasteiger partial charge in [-0.25, -0.2) is 0 Å². The largest absolute Gasteiger partial charge is 0.461 e. The van der Waals surface area contributed by atoms with Crippen molar-refractivity contribution in [2.24, 2.45) is 0 Å². The zero-order valence-corrected chi connectivity index (χ0v) is 8.14. The number of benzene rings is 1. The Morgan fingerprint density at radius 3 is 2.60 bits per heavy atom. The molecule has 3 heteroatoms. The molecule has 3 nitrogen and oxygen atoms in total. The van der Waals surface area contributed by atoms with Crippen molar-refractivity contribution in [3.05, 3.63) is 54.5 Å². The number of ketones is 1. The van der Waals surface area contributed by atoms with Crippen molar-refractivity contribution in [3.63, 3.8) is 0 Å². The highest BCUT2D eigenvalue weighted by atomic mass is 16.3. The molecular formula is C12H11NO2. The quantitative estimate of drug-likeness (QED) is 0.773. The van der Waals surface area contributed by atoms with Gasteiger partial charge in [-0.05, 0) is 24.3 Å². The molecule has 0 aliphatic rings. The molecule has 15 heavy (non-hydrogen) atoms. The van der Waals surface area contributed by atoms with Crippen LogP contribution in [0.3, 0.4) is 0 Å². The first-order chi connectivity index (χ1) is 7.36. The first-order valence-electron chi connectivity index (χ1n) is 4.72. The predicted molar refractivity (Wildman–Crippen MR) is 58.0 cm³/mol. The van der Waals surface area contributed by atoms with E-state index >= 15 is 0 Å². The van der Waals surface area contributed by atoms with Gasteiger partial charge in [-0.15, -0.1) is 0 Å². The lowest BCUT2D eigenvalue weighted by molar-refractivity contribution is 0.0980. The van der Waals surface area contributed by atoms with Crippen molar-refractivity contribution in [1.29, 1.82) is 0 Å². The Labute approximate surface area is 87.7 Å². The van der Waals surface area contributed by atoms with Gasteiger partial charge < -0.3 is 9.73 Å². The van der Waals surface area contributed by atoms with Crippen LogP contribution in [0.1, 0.15) is 10.6 Å². The van der Waals surface area contributed by atoms with Crippen molar-refractivity contribution >= 4 is 11.5 Å². The molecule has 0 aliphatic carbocycles. The summed E-state index contributed by atoms with van der Waals surface area (Å²) >= 11 is 0. The Hall–Kier alpha value is -2.03. The highest BCUT2D eigenvalue weighted by Gasteiger charge is 2.07. The number of carbonyl (C=O) groups excluding carboxylic acids is 1. The number of nitrogens with one attached hydrogen (secondary N) is 1. The number of furan rings is 1. The first-order valence-corrected chi connectivity index (χ1v) is 4.72. The molecule has 1 N–H and O–H groups in total. The number of para-hydroxylation sites is 1. The second kappa shape index (κ2) is 4.46. The molecule has 1 heterocycles. The Morgan fingerprint density at radius 2 is 1.93 bits per heavy atom. The fourth-order valence-corrected chi connectivity index (χ4v) is 1.26. The van der Waals surface area contributed by atoms with Gasteiger partial charge in [-0.3, -0.25) is 4.79 Å². The SMILES string of the molecule is O=C(CNc1ccccc1)c1ccco1. The van der Waals surface area contributed by atoms with Crippen LogP contribution in [0.15, 0.2) is 53.1 Å². The molecule has 0 unspecified atom stereocenters. The van der Waals surface area contributed by atoms with E-state index < -0.39 is 0 Å². The van der Waals surface area contributed by atoms with Crippen LogP contribution in [-0.4, -0.2) is 12.3 Å². The molecule has 2 aromatic rings. The van der Waals surface area contributed by atoms with E-state index in [0.29, 0.717) is 5.76 Å². The minimum absolute atomic E-state index is 0.0520. The van der Waals surface area contributed by atoms with Crippen LogP contribution in [0.25, 0.3) is 0 Å². The molecule has 0 fully saturated rings. The molecule has 0 bridgehead atoms. The molecule has 2 rings (SSSR count). The summed E-state index contributed by atoms with van der Waals surface area (Å²) in [4.78, 5) is 11.5. The monoisotopic (exact) mass is 201 g/mol. The summed E-state index contributed by atoms with van der Waals surface area (Å²) in [7, 11) is 0. The van der Waals surface area contributed by atoms with E-state index in [2.05, 4.69) is 5.32 Å². The number of anilines is 1. The zero-order valence-electron chi connectivity index (χ0n) is 8.14. The van der Waals surface area contributed by atoms with E-state index in [0.717, 1.165) is 5.69 Å². The molecular weight excluding hydrogens is 190 g/mol. The number of hydrogen-bond donors (Lipinski definition) is 1. The second-order valence-electron chi connectivity index (χ2n) is 3.12. The highest BCUT2D eigenvalue weighted by Crippen LogP contribution is 2.06. The third kappa shape index (κ3) is 2.47. The summed E-state index contributed by atoms with van der Waals surface area (Å²) in [6.07, 6.45) is 1.50. The van der Waals surface area contributed by atoms with Crippen molar-refractivity contribution in [2.45, 2.75) is 0 Å². The molecule has 1 aromatic carbocycles. The molecule has 76 valence electrons. The normalized spacial score (nSPS) is 9.87. The van der Waals surface area contributed by atoms with E-state index in [1.54, 1.807) is 12.1 Å². The van der Waals surface area contributed by atoms with E-state index in [1.807, 2.05) is 30.3 Å². The van der Waals surface area contributed by atoms with Crippen LogP contribution in [0.5, 0.6) is 0 Å².